The Labute approximate surface area is 114 Å². The zero-order valence-electron chi connectivity index (χ0n) is 10.7. The Morgan fingerprint density at radius 3 is 2.80 bits per heavy atom. The maximum Gasteiger partial charge on any atom is 0.334 e. The third kappa shape index (κ3) is 3.00. The van der Waals surface area contributed by atoms with Crippen molar-refractivity contribution in [2.75, 3.05) is 11.9 Å². The topological polar surface area (TPSA) is 98.5 Å². The summed E-state index contributed by atoms with van der Waals surface area (Å²) in [6, 6.07) is 4.34. The van der Waals surface area contributed by atoms with Gasteiger partial charge in [-0.3, -0.25) is 14.9 Å². The monoisotopic (exact) mass is 276 g/mol. The second kappa shape index (κ2) is 5.52. The van der Waals surface area contributed by atoms with Crippen molar-refractivity contribution in [2.24, 2.45) is 0 Å². The highest BCUT2D eigenvalue weighted by molar-refractivity contribution is 5.96. The largest absolute Gasteiger partial charge is 0.462 e. The van der Waals surface area contributed by atoms with Gasteiger partial charge in [0.05, 0.1) is 11.5 Å². The summed E-state index contributed by atoms with van der Waals surface area (Å²) in [5.41, 5.74) is 0.894. The van der Waals surface area contributed by atoms with E-state index < -0.39 is 16.8 Å². The number of hydrogen-bond donors (Lipinski definition) is 1. The van der Waals surface area contributed by atoms with Gasteiger partial charge < -0.3 is 10.1 Å². The van der Waals surface area contributed by atoms with E-state index in [1.807, 2.05) is 0 Å². The zero-order chi connectivity index (χ0) is 14.7. The van der Waals surface area contributed by atoms with Gasteiger partial charge in [0.2, 0.25) is 5.91 Å². The summed E-state index contributed by atoms with van der Waals surface area (Å²) in [6.07, 6.45) is 2.04. The summed E-state index contributed by atoms with van der Waals surface area (Å²) >= 11 is 0. The normalized spacial score (nSPS) is 16.1. The lowest BCUT2D eigenvalue weighted by Crippen LogP contribution is -2.08. The molecule has 0 aliphatic carbocycles. The van der Waals surface area contributed by atoms with Crippen molar-refractivity contribution >= 4 is 29.3 Å². The molecular formula is C13H12N2O5. The fraction of sp³-hybridized carbons (Fsp3) is 0.231. The number of cyclic esters (lactones) is 1. The van der Waals surface area contributed by atoms with Gasteiger partial charge in [-0.1, -0.05) is 6.07 Å². The fourth-order valence-corrected chi connectivity index (χ4v) is 1.87. The Morgan fingerprint density at radius 1 is 1.50 bits per heavy atom. The van der Waals surface area contributed by atoms with Crippen LogP contribution in [0.15, 0.2) is 23.8 Å². The lowest BCUT2D eigenvalue weighted by atomic mass is 10.1. The van der Waals surface area contributed by atoms with Crippen LogP contribution in [-0.4, -0.2) is 23.4 Å². The van der Waals surface area contributed by atoms with Crippen LogP contribution in [0.25, 0.3) is 6.08 Å². The number of carbonyl (C=O) groups is 2. The molecule has 1 N–H and O–H groups in total. The molecule has 1 saturated heterocycles. The SMILES string of the molecule is CC(=O)Nc1ccc(C=C2CCOC2=O)cc1[N+](=O)[O-]. The van der Waals surface area contributed by atoms with Gasteiger partial charge in [0.1, 0.15) is 5.69 Å². The van der Waals surface area contributed by atoms with E-state index in [-0.39, 0.29) is 11.4 Å². The summed E-state index contributed by atoms with van der Waals surface area (Å²) in [7, 11) is 0. The van der Waals surface area contributed by atoms with E-state index >= 15 is 0 Å². The number of hydrogen-bond acceptors (Lipinski definition) is 5. The van der Waals surface area contributed by atoms with Crippen LogP contribution >= 0.6 is 0 Å². The van der Waals surface area contributed by atoms with Gasteiger partial charge in [0.15, 0.2) is 0 Å². The molecule has 1 heterocycles. The molecule has 104 valence electrons. The summed E-state index contributed by atoms with van der Waals surface area (Å²) in [4.78, 5) is 32.7. The molecule has 1 amide bonds. The van der Waals surface area contributed by atoms with Crippen LogP contribution in [0.5, 0.6) is 0 Å². The van der Waals surface area contributed by atoms with Gasteiger partial charge in [-0.25, -0.2) is 4.79 Å². The van der Waals surface area contributed by atoms with Crippen molar-refractivity contribution in [3.8, 4) is 0 Å². The van der Waals surface area contributed by atoms with E-state index in [2.05, 4.69) is 5.32 Å². The fourth-order valence-electron chi connectivity index (χ4n) is 1.87. The van der Waals surface area contributed by atoms with Crippen molar-refractivity contribution in [3.05, 3.63) is 39.4 Å². The molecule has 1 aromatic carbocycles. The third-order valence-corrected chi connectivity index (χ3v) is 2.74. The van der Waals surface area contributed by atoms with Gasteiger partial charge in [-0.2, -0.15) is 0 Å². The second-order valence-electron chi connectivity index (χ2n) is 4.27. The van der Waals surface area contributed by atoms with Crippen LogP contribution in [-0.2, 0) is 14.3 Å². The molecule has 0 atom stereocenters. The lowest BCUT2D eigenvalue weighted by Gasteiger charge is -2.04. The standard InChI is InChI=1S/C13H12N2O5/c1-8(16)14-11-3-2-9(7-12(11)15(18)19)6-10-4-5-20-13(10)17/h2-3,6-7H,4-5H2,1H3,(H,14,16). The van der Waals surface area contributed by atoms with Crippen LogP contribution < -0.4 is 5.32 Å². The number of ether oxygens (including phenoxy) is 1. The van der Waals surface area contributed by atoms with E-state index in [1.54, 1.807) is 12.1 Å². The summed E-state index contributed by atoms with van der Waals surface area (Å²) in [6.45, 7) is 1.60. The molecule has 1 aromatic rings. The second-order valence-corrected chi connectivity index (χ2v) is 4.27. The summed E-state index contributed by atoms with van der Waals surface area (Å²) < 4.78 is 4.79. The molecule has 0 aromatic heterocycles. The Morgan fingerprint density at radius 2 is 2.25 bits per heavy atom. The number of amides is 1. The highest BCUT2D eigenvalue weighted by Gasteiger charge is 2.20. The first kappa shape index (κ1) is 13.7. The number of carbonyl (C=O) groups excluding carboxylic acids is 2. The first-order chi connectivity index (χ1) is 9.47. The van der Waals surface area contributed by atoms with Crippen molar-refractivity contribution in [1.29, 1.82) is 0 Å². The Bertz CT molecular complexity index is 621. The zero-order valence-corrected chi connectivity index (χ0v) is 10.7. The minimum Gasteiger partial charge on any atom is -0.462 e. The number of nitrogens with zero attached hydrogens (tertiary/aromatic N) is 1. The van der Waals surface area contributed by atoms with Crippen LogP contribution in [0.4, 0.5) is 11.4 Å². The van der Waals surface area contributed by atoms with Gasteiger partial charge in [0.25, 0.3) is 5.69 Å². The van der Waals surface area contributed by atoms with Crippen LogP contribution in [0.3, 0.4) is 0 Å². The molecule has 7 heteroatoms. The number of nitro groups is 1. The minimum atomic E-state index is -0.583. The van der Waals surface area contributed by atoms with Gasteiger partial charge in [0, 0.05) is 25.0 Å². The molecule has 1 aliphatic rings. The Hall–Kier alpha value is -2.70. The van der Waals surface area contributed by atoms with Crippen molar-refractivity contribution in [1.82, 2.24) is 0 Å². The van der Waals surface area contributed by atoms with Crippen molar-refractivity contribution in [2.45, 2.75) is 13.3 Å². The highest BCUT2D eigenvalue weighted by atomic mass is 16.6. The van der Waals surface area contributed by atoms with Crippen LogP contribution in [0.1, 0.15) is 18.9 Å². The third-order valence-electron chi connectivity index (χ3n) is 2.74. The molecule has 0 spiro atoms. The van der Waals surface area contributed by atoms with Crippen LogP contribution in [0.2, 0.25) is 0 Å². The average molecular weight is 276 g/mol. The number of anilines is 1. The quantitative estimate of drug-likeness (QED) is 0.393. The average Bonchev–Trinajstić information content (AvgIpc) is 2.76. The number of nitro benzene ring substituents is 1. The number of nitrogens with one attached hydrogen (secondary N) is 1. The lowest BCUT2D eigenvalue weighted by molar-refractivity contribution is -0.383. The molecule has 0 radical (unpaired) electrons. The first-order valence-electron chi connectivity index (χ1n) is 5.91. The summed E-state index contributed by atoms with van der Waals surface area (Å²) in [5, 5.41) is 13.4. The van der Waals surface area contributed by atoms with E-state index in [4.69, 9.17) is 4.74 Å². The Balaban J connectivity index is 2.37. The van der Waals surface area contributed by atoms with E-state index in [0.29, 0.717) is 24.2 Å². The molecular weight excluding hydrogens is 264 g/mol. The molecule has 0 unspecified atom stereocenters. The first-order valence-corrected chi connectivity index (χ1v) is 5.91. The highest BCUT2D eigenvalue weighted by Crippen LogP contribution is 2.27. The molecule has 20 heavy (non-hydrogen) atoms. The van der Waals surface area contributed by atoms with E-state index in [9.17, 15) is 19.7 Å². The van der Waals surface area contributed by atoms with E-state index in [0.717, 1.165) is 0 Å². The minimum absolute atomic E-state index is 0.124. The van der Waals surface area contributed by atoms with Crippen LogP contribution in [0, 0.1) is 10.1 Å². The number of esters is 1. The molecule has 0 saturated carbocycles. The maximum atomic E-state index is 11.3. The number of benzene rings is 1. The predicted molar refractivity (Wildman–Crippen MR) is 71.0 cm³/mol. The molecule has 7 nitrogen and oxygen atoms in total. The van der Waals surface area contributed by atoms with Gasteiger partial charge >= 0.3 is 5.97 Å². The summed E-state index contributed by atoms with van der Waals surface area (Å²) in [5.74, 6) is -0.794. The van der Waals surface area contributed by atoms with Gasteiger partial charge in [-0.05, 0) is 17.7 Å². The Kier molecular flexibility index (Phi) is 3.79. The number of rotatable bonds is 3. The molecule has 1 fully saturated rings. The maximum absolute atomic E-state index is 11.3. The van der Waals surface area contributed by atoms with Crippen molar-refractivity contribution in [3.63, 3.8) is 0 Å². The predicted octanol–water partition coefficient (Wildman–Crippen LogP) is 1.88. The molecule has 0 bridgehead atoms. The van der Waals surface area contributed by atoms with E-state index in [1.165, 1.54) is 19.1 Å². The van der Waals surface area contributed by atoms with Gasteiger partial charge in [-0.15, -0.1) is 0 Å². The smallest absolute Gasteiger partial charge is 0.334 e. The van der Waals surface area contributed by atoms with Crippen molar-refractivity contribution < 1.29 is 19.2 Å². The molecule has 1 aliphatic heterocycles. The molecule has 2 rings (SSSR count).